The first kappa shape index (κ1) is 16.1. The van der Waals surface area contributed by atoms with Crippen LogP contribution in [0, 0.1) is 6.92 Å². The molecule has 0 amide bonds. The van der Waals surface area contributed by atoms with Gasteiger partial charge in [0.1, 0.15) is 5.75 Å². The number of aryl methyl sites for hydroxylation is 1. The summed E-state index contributed by atoms with van der Waals surface area (Å²) in [5.74, 6) is 2.72. The van der Waals surface area contributed by atoms with Gasteiger partial charge in [-0.1, -0.05) is 17.7 Å². The highest BCUT2D eigenvalue weighted by molar-refractivity contribution is 7.99. The lowest BCUT2D eigenvalue weighted by molar-refractivity contribution is 0.171. The van der Waals surface area contributed by atoms with E-state index in [2.05, 4.69) is 11.9 Å². The highest BCUT2D eigenvalue weighted by Crippen LogP contribution is 2.25. The van der Waals surface area contributed by atoms with Crippen LogP contribution < -0.4 is 10.1 Å². The predicted molar refractivity (Wildman–Crippen MR) is 83.1 cm³/mol. The number of nitrogens with one attached hydrogen (secondary N) is 1. The third kappa shape index (κ3) is 5.68. The van der Waals surface area contributed by atoms with Crippen LogP contribution >= 0.6 is 11.8 Å². The molecule has 2 N–H and O–H groups in total. The van der Waals surface area contributed by atoms with Crippen molar-refractivity contribution in [2.24, 2.45) is 0 Å². The van der Waals surface area contributed by atoms with Crippen LogP contribution in [0.4, 0.5) is 0 Å². The molecule has 0 aliphatic carbocycles. The first-order chi connectivity index (χ1) is 9.19. The van der Waals surface area contributed by atoms with E-state index < -0.39 is 6.10 Å². The third-order valence-corrected chi connectivity index (χ3v) is 3.70. The molecule has 19 heavy (non-hydrogen) atoms. The maximum absolute atomic E-state index is 10.2. The molecule has 0 aliphatic rings. The fourth-order valence-corrected chi connectivity index (χ4v) is 2.40. The Hall–Kier alpha value is -0.970. The van der Waals surface area contributed by atoms with Crippen molar-refractivity contribution in [2.75, 3.05) is 31.7 Å². The van der Waals surface area contributed by atoms with Crippen molar-refractivity contribution in [3.05, 3.63) is 42.0 Å². The van der Waals surface area contributed by atoms with E-state index >= 15 is 0 Å². The molecule has 0 aromatic heterocycles. The van der Waals surface area contributed by atoms with Gasteiger partial charge >= 0.3 is 0 Å². The fourth-order valence-electron chi connectivity index (χ4n) is 1.77. The van der Waals surface area contributed by atoms with Crippen LogP contribution in [0.1, 0.15) is 17.2 Å². The lowest BCUT2D eigenvalue weighted by atomic mass is 10.1. The van der Waals surface area contributed by atoms with Crippen LogP contribution in [0.25, 0.3) is 0 Å². The highest BCUT2D eigenvalue weighted by atomic mass is 32.2. The number of rotatable bonds is 9. The average molecular weight is 281 g/mol. The van der Waals surface area contributed by atoms with Crippen molar-refractivity contribution >= 4 is 11.8 Å². The summed E-state index contributed by atoms with van der Waals surface area (Å²) in [6.45, 7) is 7.10. The quantitative estimate of drug-likeness (QED) is 0.539. The normalized spacial score (nSPS) is 12.2. The Balaban J connectivity index is 2.42. The van der Waals surface area contributed by atoms with E-state index in [0.29, 0.717) is 6.54 Å². The molecule has 0 heterocycles. The standard InChI is InChI=1S/C15H23NO2S/c1-4-8-19-9-7-16-11-14(17)13-10-12(2)5-6-15(13)18-3/h4-6,10,14,16-17H,1,7-9,11H2,2-3H3. The second-order valence-electron chi connectivity index (χ2n) is 4.33. The summed E-state index contributed by atoms with van der Waals surface area (Å²) >= 11 is 1.82. The first-order valence-electron chi connectivity index (χ1n) is 6.41. The van der Waals surface area contributed by atoms with Gasteiger partial charge in [-0.3, -0.25) is 0 Å². The van der Waals surface area contributed by atoms with Crippen LogP contribution in [0.5, 0.6) is 5.75 Å². The van der Waals surface area contributed by atoms with Crippen LogP contribution in [-0.2, 0) is 0 Å². The molecule has 0 fully saturated rings. The molecule has 0 spiro atoms. The summed E-state index contributed by atoms with van der Waals surface area (Å²) in [5.41, 5.74) is 1.96. The van der Waals surface area contributed by atoms with Gasteiger partial charge < -0.3 is 15.2 Å². The van der Waals surface area contributed by atoms with Gasteiger partial charge in [-0.2, -0.15) is 11.8 Å². The summed E-state index contributed by atoms with van der Waals surface area (Å²) in [6.07, 6.45) is 1.36. The topological polar surface area (TPSA) is 41.5 Å². The number of hydrogen-bond acceptors (Lipinski definition) is 4. The van der Waals surface area contributed by atoms with Gasteiger partial charge in [0, 0.05) is 30.2 Å². The van der Waals surface area contributed by atoms with Gasteiger partial charge in [0.2, 0.25) is 0 Å². The Morgan fingerprint density at radius 3 is 3.00 bits per heavy atom. The molecule has 1 unspecified atom stereocenters. The van der Waals surface area contributed by atoms with Gasteiger partial charge in [0.15, 0.2) is 0 Å². The molecular weight excluding hydrogens is 258 g/mol. The molecule has 0 aliphatic heterocycles. The maximum atomic E-state index is 10.2. The van der Waals surface area contributed by atoms with Crippen molar-refractivity contribution in [1.29, 1.82) is 0 Å². The van der Waals surface area contributed by atoms with Crippen LogP contribution in [-0.4, -0.2) is 36.8 Å². The van der Waals surface area contributed by atoms with Crippen molar-refractivity contribution < 1.29 is 9.84 Å². The summed E-state index contributed by atoms with van der Waals surface area (Å²) in [7, 11) is 1.63. The number of thioether (sulfide) groups is 1. The number of ether oxygens (including phenoxy) is 1. The van der Waals surface area contributed by atoms with Gasteiger partial charge in [-0.05, 0) is 19.1 Å². The zero-order valence-corrected chi connectivity index (χ0v) is 12.5. The van der Waals surface area contributed by atoms with Gasteiger partial charge in [0.05, 0.1) is 13.2 Å². The Morgan fingerprint density at radius 2 is 2.32 bits per heavy atom. The lowest BCUT2D eigenvalue weighted by Crippen LogP contribution is -2.24. The maximum Gasteiger partial charge on any atom is 0.124 e. The second kappa shape index (κ2) is 9.02. The molecule has 1 rings (SSSR count). The molecule has 3 nitrogen and oxygen atoms in total. The number of aliphatic hydroxyl groups excluding tert-OH is 1. The van der Waals surface area contributed by atoms with E-state index in [9.17, 15) is 5.11 Å². The van der Waals surface area contributed by atoms with E-state index in [1.807, 2.05) is 43.0 Å². The fraction of sp³-hybridized carbons (Fsp3) is 0.467. The van der Waals surface area contributed by atoms with Gasteiger partial charge in [-0.25, -0.2) is 0 Å². The van der Waals surface area contributed by atoms with E-state index in [1.165, 1.54) is 0 Å². The molecule has 1 atom stereocenters. The molecular formula is C15H23NO2S. The monoisotopic (exact) mass is 281 g/mol. The molecule has 1 aromatic rings. The van der Waals surface area contributed by atoms with Gasteiger partial charge in [0.25, 0.3) is 0 Å². The van der Waals surface area contributed by atoms with E-state index in [0.717, 1.165) is 34.9 Å². The number of aliphatic hydroxyl groups is 1. The lowest BCUT2D eigenvalue weighted by Gasteiger charge is -2.16. The molecule has 0 radical (unpaired) electrons. The Morgan fingerprint density at radius 1 is 1.53 bits per heavy atom. The molecule has 0 saturated carbocycles. The molecule has 0 bridgehead atoms. The minimum absolute atomic E-state index is 0.536. The van der Waals surface area contributed by atoms with E-state index in [4.69, 9.17) is 4.74 Å². The van der Waals surface area contributed by atoms with E-state index in [-0.39, 0.29) is 0 Å². The van der Waals surface area contributed by atoms with Crippen LogP contribution in [0.2, 0.25) is 0 Å². The van der Waals surface area contributed by atoms with E-state index in [1.54, 1.807) is 7.11 Å². The van der Waals surface area contributed by atoms with Crippen molar-refractivity contribution in [2.45, 2.75) is 13.0 Å². The summed E-state index contributed by atoms with van der Waals surface area (Å²) in [4.78, 5) is 0. The third-order valence-electron chi connectivity index (χ3n) is 2.74. The van der Waals surface area contributed by atoms with Crippen molar-refractivity contribution in [3.8, 4) is 5.75 Å². The first-order valence-corrected chi connectivity index (χ1v) is 7.56. The SMILES string of the molecule is C=CCSCCNCC(O)c1cc(C)ccc1OC. The molecule has 4 heteroatoms. The van der Waals surface area contributed by atoms with Crippen LogP contribution in [0.3, 0.4) is 0 Å². The highest BCUT2D eigenvalue weighted by Gasteiger charge is 2.12. The number of methoxy groups -OCH3 is 1. The summed E-state index contributed by atoms with van der Waals surface area (Å²) in [5, 5.41) is 13.4. The number of hydrogen-bond donors (Lipinski definition) is 2. The van der Waals surface area contributed by atoms with Gasteiger partial charge in [-0.15, -0.1) is 6.58 Å². The smallest absolute Gasteiger partial charge is 0.124 e. The average Bonchev–Trinajstić information content (AvgIpc) is 2.42. The summed E-state index contributed by atoms with van der Waals surface area (Å²) < 4.78 is 5.28. The van der Waals surface area contributed by atoms with Crippen LogP contribution in [0.15, 0.2) is 30.9 Å². The minimum Gasteiger partial charge on any atom is -0.496 e. The molecule has 0 saturated heterocycles. The summed E-state index contributed by atoms with van der Waals surface area (Å²) in [6, 6.07) is 5.85. The Labute approximate surface area is 120 Å². The Kier molecular flexibility index (Phi) is 7.63. The second-order valence-corrected chi connectivity index (χ2v) is 5.48. The molecule has 1 aromatic carbocycles. The molecule has 106 valence electrons. The van der Waals surface area contributed by atoms with Crippen molar-refractivity contribution in [1.82, 2.24) is 5.32 Å². The predicted octanol–water partition coefficient (Wildman–Crippen LogP) is 2.55. The zero-order valence-electron chi connectivity index (χ0n) is 11.7. The zero-order chi connectivity index (χ0) is 14.1. The number of benzene rings is 1. The largest absolute Gasteiger partial charge is 0.496 e. The van der Waals surface area contributed by atoms with Crippen molar-refractivity contribution in [3.63, 3.8) is 0 Å². The Bertz CT molecular complexity index is 396. The minimum atomic E-state index is -0.542.